The highest BCUT2D eigenvalue weighted by Crippen LogP contribution is 2.43. The molecule has 0 bridgehead atoms. The standard InChI is InChI=1S/C45H33N3.C5H8/c1-27-6-10-29(11-7-27)31-16-18-41-37(21-31)38-23-33-14-15-34-24-40-39-22-32(30-12-8-28(2)9-13-30)17-19-43(39)48(45-5-3-4-20-46-45)44(40)26-36(34)35(33)25-42(38)47-41;1-3-5-4-2/h3-13,16-26,47H,14-15H2,1-2H3;3-5H,1H2,2H3/b;5-4-. The zero-order valence-electron chi connectivity index (χ0n) is 30.4. The maximum atomic E-state index is 4.82. The number of aryl methyl sites for hydroxylation is 4. The molecule has 1 aliphatic rings. The van der Waals surface area contributed by atoms with Crippen LogP contribution in [0.5, 0.6) is 0 Å². The van der Waals surface area contributed by atoms with Crippen molar-refractivity contribution >= 4 is 43.6 Å². The van der Waals surface area contributed by atoms with E-state index in [4.69, 9.17) is 4.98 Å². The van der Waals surface area contributed by atoms with Gasteiger partial charge in [0.1, 0.15) is 5.82 Å². The van der Waals surface area contributed by atoms with E-state index in [1.807, 2.05) is 31.3 Å². The Balaban J connectivity index is 0.000000700. The number of nitrogens with zero attached hydrogens (tertiary/aromatic N) is 2. The molecule has 6 aromatic carbocycles. The highest BCUT2D eigenvalue weighted by atomic mass is 15.1. The lowest BCUT2D eigenvalue weighted by atomic mass is 9.84. The highest BCUT2D eigenvalue weighted by molar-refractivity contribution is 6.13. The van der Waals surface area contributed by atoms with Crippen LogP contribution in [0.4, 0.5) is 0 Å². The lowest BCUT2D eigenvalue weighted by Gasteiger charge is -2.21. The quantitative estimate of drug-likeness (QED) is 0.184. The first-order valence-electron chi connectivity index (χ1n) is 18.5. The molecule has 0 atom stereocenters. The van der Waals surface area contributed by atoms with Gasteiger partial charge >= 0.3 is 0 Å². The topological polar surface area (TPSA) is 33.6 Å². The normalized spacial score (nSPS) is 12.3. The largest absolute Gasteiger partial charge is 0.354 e. The molecule has 0 spiro atoms. The Bertz CT molecular complexity index is 2850. The fourth-order valence-corrected chi connectivity index (χ4v) is 8.01. The number of H-pyrrole nitrogens is 1. The molecule has 0 radical (unpaired) electrons. The summed E-state index contributed by atoms with van der Waals surface area (Å²) in [5.41, 5.74) is 17.7. The van der Waals surface area contributed by atoms with Crippen LogP contribution in [0.2, 0.25) is 0 Å². The molecule has 53 heavy (non-hydrogen) atoms. The van der Waals surface area contributed by atoms with Crippen molar-refractivity contribution < 1.29 is 0 Å². The van der Waals surface area contributed by atoms with Crippen molar-refractivity contribution in [1.82, 2.24) is 14.5 Å². The van der Waals surface area contributed by atoms with Gasteiger partial charge in [-0.2, -0.15) is 0 Å². The van der Waals surface area contributed by atoms with E-state index in [0.717, 1.165) is 18.7 Å². The minimum atomic E-state index is 0.937. The zero-order valence-corrected chi connectivity index (χ0v) is 30.4. The summed E-state index contributed by atoms with van der Waals surface area (Å²) in [6.07, 6.45) is 9.52. The minimum absolute atomic E-state index is 0.937. The molecule has 0 saturated heterocycles. The van der Waals surface area contributed by atoms with Crippen molar-refractivity contribution in [2.45, 2.75) is 33.6 Å². The third-order valence-electron chi connectivity index (χ3n) is 10.7. The monoisotopic (exact) mass is 683 g/mol. The Labute approximate surface area is 310 Å². The number of allylic oxidation sites excluding steroid dienone is 3. The number of hydrogen-bond donors (Lipinski definition) is 1. The van der Waals surface area contributed by atoms with Gasteiger partial charge in [-0.1, -0.05) is 103 Å². The third-order valence-corrected chi connectivity index (χ3v) is 10.7. The number of hydrogen-bond acceptors (Lipinski definition) is 1. The summed E-state index contributed by atoms with van der Waals surface area (Å²) < 4.78 is 2.34. The summed E-state index contributed by atoms with van der Waals surface area (Å²) in [7, 11) is 0. The highest BCUT2D eigenvalue weighted by Gasteiger charge is 2.23. The molecular weight excluding hydrogens is 643 g/mol. The van der Waals surface area contributed by atoms with Gasteiger partial charge in [0.2, 0.25) is 0 Å². The average molecular weight is 684 g/mol. The molecule has 1 aliphatic carbocycles. The van der Waals surface area contributed by atoms with Crippen LogP contribution < -0.4 is 0 Å². The molecule has 0 saturated carbocycles. The van der Waals surface area contributed by atoms with Gasteiger partial charge in [-0.05, 0) is 139 Å². The summed E-state index contributed by atoms with van der Waals surface area (Å²) in [4.78, 5) is 8.58. The fraction of sp³-hybridized carbons (Fsp3) is 0.100. The van der Waals surface area contributed by atoms with Gasteiger partial charge in [-0.15, -0.1) is 0 Å². The Kier molecular flexibility index (Phi) is 8.12. The van der Waals surface area contributed by atoms with Crippen molar-refractivity contribution in [2.75, 3.05) is 0 Å². The molecule has 0 aliphatic heterocycles. The molecule has 3 aromatic heterocycles. The Morgan fingerprint density at radius 2 is 1.17 bits per heavy atom. The van der Waals surface area contributed by atoms with Gasteiger partial charge in [-0.25, -0.2) is 4.98 Å². The number of aromatic nitrogens is 3. The summed E-state index contributed by atoms with van der Waals surface area (Å²) >= 11 is 0. The minimum Gasteiger partial charge on any atom is -0.354 e. The first-order valence-corrected chi connectivity index (χ1v) is 18.5. The summed E-state index contributed by atoms with van der Waals surface area (Å²) in [6, 6.07) is 47.2. The van der Waals surface area contributed by atoms with E-state index in [2.05, 4.69) is 151 Å². The van der Waals surface area contributed by atoms with Gasteiger partial charge in [-0.3, -0.25) is 4.57 Å². The predicted octanol–water partition coefficient (Wildman–Crippen LogP) is 13.3. The Morgan fingerprint density at radius 3 is 1.79 bits per heavy atom. The van der Waals surface area contributed by atoms with Gasteiger partial charge in [0.05, 0.1) is 11.0 Å². The van der Waals surface area contributed by atoms with Crippen molar-refractivity contribution in [1.29, 1.82) is 0 Å². The zero-order chi connectivity index (χ0) is 36.1. The maximum absolute atomic E-state index is 4.82. The lowest BCUT2D eigenvalue weighted by molar-refractivity contribution is 0.946. The SMILES string of the molecule is C=C/C=C\C.Cc1ccc(-c2ccc3[nH]c4cc5c(cc4c3c2)CCc2cc3c4cc(-c6ccc(C)cc6)ccc4n(-c4ccccn4)c3cc2-5)cc1. The molecule has 3 nitrogen and oxygen atoms in total. The van der Waals surface area contributed by atoms with E-state index < -0.39 is 0 Å². The number of aromatic amines is 1. The second-order valence-corrected chi connectivity index (χ2v) is 14.2. The molecule has 9 aromatic rings. The Hall–Kier alpha value is -6.45. The molecule has 256 valence electrons. The van der Waals surface area contributed by atoms with Crippen molar-refractivity contribution in [3.8, 4) is 39.2 Å². The molecular formula is C50H41N3. The fourth-order valence-electron chi connectivity index (χ4n) is 8.01. The first kappa shape index (κ1) is 32.5. The van der Waals surface area contributed by atoms with Crippen LogP contribution in [0, 0.1) is 13.8 Å². The van der Waals surface area contributed by atoms with E-state index >= 15 is 0 Å². The molecule has 1 N–H and O–H groups in total. The van der Waals surface area contributed by atoms with Crippen LogP contribution in [-0.2, 0) is 12.8 Å². The number of nitrogens with one attached hydrogen (secondary N) is 1. The summed E-state index contributed by atoms with van der Waals surface area (Å²) in [6.45, 7) is 9.70. The number of benzene rings is 6. The number of pyridine rings is 1. The van der Waals surface area contributed by atoms with Crippen molar-refractivity contribution in [2.24, 2.45) is 0 Å². The van der Waals surface area contributed by atoms with Crippen LogP contribution in [-0.4, -0.2) is 14.5 Å². The van der Waals surface area contributed by atoms with Crippen LogP contribution in [0.25, 0.3) is 82.8 Å². The average Bonchev–Trinajstić information content (AvgIpc) is 3.71. The van der Waals surface area contributed by atoms with Crippen LogP contribution >= 0.6 is 0 Å². The second-order valence-electron chi connectivity index (χ2n) is 14.2. The smallest absolute Gasteiger partial charge is 0.137 e. The van der Waals surface area contributed by atoms with Gasteiger partial charge in [0.25, 0.3) is 0 Å². The van der Waals surface area contributed by atoms with Crippen LogP contribution in [0.15, 0.2) is 158 Å². The Morgan fingerprint density at radius 1 is 0.585 bits per heavy atom. The summed E-state index contributed by atoms with van der Waals surface area (Å²) in [5, 5.41) is 5.13. The van der Waals surface area contributed by atoms with E-state index in [9.17, 15) is 0 Å². The third kappa shape index (κ3) is 5.75. The van der Waals surface area contributed by atoms with Gasteiger partial charge < -0.3 is 4.98 Å². The molecule has 3 heterocycles. The number of rotatable bonds is 4. The van der Waals surface area contributed by atoms with Crippen molar-refractivity contribution in [3.05, 3.63) is 181 Å². The van der Waals surface area contributed by atoms with Crippen LogP contribution in [0.1, 0.15) is 29.2 Å². The van der Waals surface area contributed by atoms with E-state index in [0.29, 0.717) is 0 Å². The molecule has 10 rings (SSSR count). The maximum Gasteiger partial charge on any atom is 0.137 e. The van der Waals surface area contributed by atoms with Crippen molar-refractivity contribution in [3.63, 3.8) is 0 Å². The van der Waals surface area contributed by atoms with Crippen LogP contribution in [0.3, 0.4) is 0 Å². The van der Waals surface area contributed by atoms with E-state index in [1.165, 1.54) is 99.2 Å². The molecule has 0 amide bonds. The first-order chi connectivity index (χ1) is 26.0. The molecule has 3 heteroatoms. The molecule has 0 fully saturated rings. The number of fused-ring (bicyclic) bond motifs is 9. The van der Waals surface area contributed by atoms with E-state index in [-0.39, 0.29) is 0 Å². The summed E-state index contributed by atoms with van der Waals surface area (Å²) in [5.74, 6) is 0.937. The van der Waals surface area contributed by atoms with Gasteiger partial charge in [0.15, 0.2) is 0 Å². The molecule has 0 unspecified atom stereocenters. The van der Waals surface area contributed by atoms with Gasteiger partial charge in [0, 0.05) is 38.8 Å². The van der Waals surface area contributed by atoms with E-state index in [1.54, 1.807) is 6.08 Å². The predicted molar refractivity (Wildman–Crippen MR) is 226 cm³/mol. The lowest BCUT2D eigenvalue weighted by Crippen LogP contribution is -2.04. The second kappa shape index (κ2) is 13.3.